The zero-order valence-corrected chi connectivity index (χ0v) is 10.7. The highest BCUT2D eigenvalue weighted by Crippen LogP contribution is 2.54. The normalized spacial score (nSPS) is 41.7. The van der Waals surface area contributed by atoms with Crippen molar-refractivity contribution in [2.24, 2.45) is 23.2 Å². The molecule has 0 heteroatoms. The van der Waals surface area contributed by atoms with Gasteiger partial charge in [0.05, 0.1) is 0 Å². The third-order valence-corrected chi connectivity index (χ3v) is 5.15. The highest BCUT2D eigenvalue weighted by Gasteiger charge is 2.43. The molecule has 0 aliphatic heterocycles. The minimum atomic E-state index is 0.612. The number of rotatable bonds is 1. The van der Waals surface area contributed by atoms with Crippen molar-refractivity contribution in [3.8, 4) is 0 Å². The second-order valence-corrected chi connectivity index (χ2v) is 6.50. The SMILES string of the molecule is C=C1CCC[C@]2(C)CC[C@@H](C(C)C)C[C@H]12. The average Bonchev–Trinajstić information content (AvgIpc) is 2.17. The van der Waals surface area contributed by atoms with Crippen molar-refractivity contribution in [2.75, 3.05) is 0 Å². The maximum atomic E-state index is 4.34. The van der Waals surface area contributed by atoms with E-state index in [0.29, 0.717) is 5.41 Å². The third kappa shape index (κ3) is 2.00. The molecular formula is C15H26. The van der Waals surface area contributed by atoms with E-state index in [0.717, 1.165) is 17.8 Å². The first-order valence-electron chi connectivity index (χ1n) is 6.70. The van der Waals surface area contributed by atoms with Gasteiger partial charge >= 0.3 is 0 Å². The van der Waals surface area contributed by atoms with E-state index >= 15 is 0 Å². The summed E-state index contributed by atoms with van der Waals surface area (Å²) in [6.07, 6.45) is 8.45. The predicted octanol–water partition coefficient (Wildman–Crippen LogP) is 4.81. The molecule has 0 aromatic heterocycles. The fourth-order valence-electron chi connectivity index (χ4n) is 3.85. The van der Waals surface area contributed by atoms with Crippen molar-refractivity contribution in [3.63, 3.8) is 0 Å². The summed E-state index contributed by atoms with van der Waals surface area (Å²) >= 11 is 0. The zero-order chi connectivity index (χ0) is 11.1. The molecule has 2 rings (SSSR count). The number of allylic oxidation sites excluding steroid dienone is 1. The smallest absolute Gasteiger partial charge is 0.0149 e. The summed E-state index contributed by atoms with van der Waals surface area (Å²) in [5.74, 6) is 2.66. The molecule has 0 nitrogen and oxygen atoms in total. The lowest BCUT2D eigenvalue weighted by Crippen LogP contribution is -2.39. The van der Waals surface area contributed by atoms with Gasteiger partial charge in [0.15, 0.2) is 0 Å². The molecule has 2 aliphatic rings. The molecular weight excluding hydrogens is 180 g/mol. The van der Waals surface area contributed by atoms with E-state index in [4.69, 9.17) is 0 Å². The van der Waals surface area contributed by atoms with Gasteiger partial charge in [-0.2, -0.15) is 0 Å². The van der Waals surface area contributed by atoms with E-state index in [-0.39, 0.29) is 0 Å². The maximum absolute atomic E-state index is 4.34. The fraction of sp³-hybridized carbons (Fsp3) is 0.867. The molecule has 2 fully saturated rings. The highest BCUT2D eigenvalue weighted by molar-refractivity contribution is 5.12. The lowest BCUT2D eigenvalue weighted by Gasteiger charge is -2.49. The summed E-state index contributed by atoms with van der Waals surface area (Å²) < 4.78 is 0. The van der Waals surface area contributed by atoms with E-state index in [1.807, 2.05) is 0 Å². The van der Waals surface area contributed by atoms with Gasteiger partial charge in [0.25, 0.3) is 0 Å². The van der Waals surface area contributed by atoms with Crippen LogP contribution < -0.4 is 0 Å². The van der Waals surface area contributed by atoms with Gasteiger partial charge < -0.3 is 0 Å². The predicted molar refractivity (Wildman–Crippen MR) is 66.8 cm³/mol. The zero-order valence-electron chi connectivity index (χ0n) is 10.7. The summed E-state index contributed by atoms with van der Waals surface area (Å²) in [5, 5.41) is 0. The van der Waals surface area contributed by atoms with Gasteiger partial charge in [-0.25, -0.2) is 0 Å². The molecule has 86 valence electrons. The van der Waals surface area contributed by atoms with Gasteiger partial charge in [-0.15, -0.1) is 0 Å². The summed E-state index contributed by atoms with van der Waals surface area (Å²) in [6.45, 7) is 11.6. The number of hydrogen-bond acceptors (Lipinski definition) is 0. The quantitative estimate of drug-likeness (QED) is 0.540. The maximum Gasteiger partial charge on any atom is -0.0149 e. The van der Waals surface area contributed by atoms with Crippen molar-refractivity contribution in [2.45, 2.75) is 59.3 Å². The van der Waals surface area contributed by atoms with Gasteiger partial charge in [0, 0.05) is 0 Å². The summed E-state index contributed by atoms with van der Waals surface area (Å²) in [6, 6.07) is 0. The monoisotopic (exact) mass is 206 g/mol. The van der Waals surface area contributed by atoms with Crippen LogP contribution in [-0.2, 0) is 0 Å². The van der Waals surface area contributed by atoms with Crippen LogP contribution in [0, 0.1) is 23.2 Å². The first-order chi connectivity index (χ1) is 7.03. The first-order valence-corrected chi connectivity index (χ1v) is 6.70. The van der Waals surface area contributed by atoms with Crippen LogP contribution >= 0.6 is 0 Å². The van der Waals surface area contributed by atoms with E-state index in [2.05, 4.69) is 27.4 Å². The second kappa shape index (κ2) is 3.96. The summed E-state index contributed by atoms with van der Waals surface area (Å²) in [7, 11) is 0. The Kier molecular flexibility index (Phi) is 2.96. The third-order valence-electron chi connectivity index (χ3n) is 5.15. The van der Waals surface area contributed by atoms with Crippen molar-refractivity contribution in [3.05, 3.63) is 12.2 Å². The Morgan fingerprint density at radius 2 is 2.07 bits per heavy atom. The Hall–Kier alpha value is -0.260. The van der Waals surface area contributed by atoms with Crippen LogP contribution in [0.2, 0.25) is 0 Å². The number of hydrogen-bond donors (Lipinski definition) is 0. The second-order valence-electron chi connectivity index (χ2n) is 6.50. The summed E-state index contributed by atoms with van der Waals surface area (Å²) in [5.41, 5.74) is 2.18. The standard InChI is InChI=1S/C15H26/c1-11(2)13-7-9-15(4)8-5-6-12(3)14(15)10-13/h11,13-14H,3,5-10H2,1-2,4H3/t13-,14-,15-/m1/s1. The van der Waals surface area contributed by atoms with Crippen LogP contribution in [0.1, 0.15) is 59.3 Å². The van der Waals surface area contributed by atoms with Crippen molar-refractivity contribution >= 4 is 0 Å². The molecule has 0 amide bonds. The van der Waals surface area contributed by atoms with E-state index in [9.17, 15) is 0 Å². The van der Waals surface area contributed by atoms with Gasteiger partial charge in [0.2, 0.25) is 0 Å². The minimum Gasteiger partial charge on any atom is -0.0996 e. The van der Waals surface area contributed by atoms with Crippen molar-refractivity contribution < 1.29 is 0 Å². The molecule has 15 heavy (non-hydrogen) atoms. The Morgan fingerprint density at radius 1 is 1.33 bits per heavy atom. The molecule has 0 aromatic carbocycles. The minimum absolute atomic E-state index is 0.612. The molecule has 0 saturated heterocycles. The van der Waals surface area contributed by atoms with Gasteiger partial charge in [-0.1, -0.05) is 32.9 Å². The van der Waals surface area contributed by atoms with Gasteiger partial charge in [-0.3, -0.25) is 0 Å². The summed E-state index contributed by atoms with van der Waals surface area (Å²) in [4.78, 5) is 0. The van der Waals surface area contributed by atoms with Crippen LogP contribution in [0.15, 0.2) is 12.2 Å². The van der Waals surface area contributed by atoms with Crippen LogP contribution in [0.25, 0.3) is 0 Å². The van der Waals surface area contributed by atoms with E-state index in [1.54, 1.807) is 5.57 Å². The van der Waals surface area contributed by atoms with Crippen LogP contribution in [-0.4, -0.2) is 0 Å². The molecule has 0 unspecified atom stereocenters. The van der Waals surface area contributed by atoms with Crippen LogP contribution in [0.4, 0.5) is 0 Å². The highest BCUT2D eigenvalue weighted by atomic mass is 14.5. The van der Waals surface area contributed by atoms with E-state index in [1.165, 1.54) is 38.5 Å². The largest absolute Gasteiger partial charge is 0.0996 e. The Labute approximate surface area is 95.1 Å². The van der Waals surface area contributed by atoms with Crippen LogP contribution in [0.5, 0.6) is 0 Å². The topological polar surface area (TPSA) is 0 Å². The van der Waals surface area contributed by atoms with Gasteiger partial charge in [0.1, 0.15) is 0 Å². The van der Waals surface area contributed by atoms with Crippen molar-refractivity contribution in [1.29, 1.82) is 0 Å². The molecule has 0 bridgehead atoms. The lowest BCUT2D eigenvalue weighted by atomic mass is 9.56. The molecule has 0 spiro atoms. The Morgan fingerprint density at radius 3 is 2.73 bits per heavy atom. The average molecular weight is 206 g/mol. The van der Waals surface area contributed by atoms with Crippen molar-refractivity contribution in [1.82, 2.24) is 0 Å². The molecule has 3 atom stereocenters. The molecule has 2 aliphatic carbocycles. The Balaban J connectivity index is 2.12. The molecule has 2 saturated carbocycles. The molecule has 0 radical (unpaired) electrons. The molecule has 0 heterocycles. The molecule has 0 aromatic rings. The number of fused-ring (bicyclic) bond motifs is 1. The van der Waals surface area contributed by atoms with Crippen LogP contribution in [0.3, 0.4) is 0 Å². The lowest BCUT2D eigenvalue weighted by molar-refractivity contribution is 0.0583. The Bertz CT molecular complexity index is 251. The fourth-order valence-corrected chi connectivity index (χ4v) is 3.85. The van der Waals surface area contributed by atoms with E-state index < -0.39 is 0 Å². The molecule has 0 N–H and O–H groups in total. The van der Waals surface area contributed by atoms with Gasteiger partial charge in [-0.05, 0) is 61.7 Å². The first kappa shape index (κ1) is 11.2.